The molecule has 1 aliphatic heterocycles. The molecule has 0 atom stereocenters. The molecule has 0 aromatic carbocycles. The van der Waals surface area contributed by atoms with E-state index in [4.69, 9.17) is 9.31 Å². The molecule has 5 heteroatoms. The Hall–Kier alpha value is -0.775. The molecule has 102 valence electrons. The van der Waals surface area contributed by atoms with Crippen molar-refractivity contribution in [3.63, 3.8) is 0 Å². The number of thiol groups is 1. The summed E-state index contributed by atoms with van der Waals surface area (Å²) in [6, 6.07) is 3.95. The summed E-state index contributed by atoms with van der Waals surface area (Å²) in [5.41, 5.74) is 1.22. The predicted molar refractivity (Wildman–Crippen MR) is 82.8 cm³/mol. The summed E-state index contributed by atoms with van der Waals surface area (Å²) in [6.07, 6.45) is 5.71. The minimum atomic E-state index is -0.347. The molecule has 1 aromatic rings. The van der Waals surface area contributed by atoms with Gasteiger partial charge in [-0.3, -0.25) is 4.98 Å². The maximum Gasteiger partial charge on any atom is 0.496 e. The molecule has 1 fully saturated rings. The molecule has 0 saturated carbocycles. The van der Waals surface area contributed by atoms with E-state index in [1.165, 1.54) is 0 Å². The monoisotopic (exact) mass is 277 g/mol. The summed E-state index contributed by atoms with van der Waals surface area (Å²) in [4.78, 5) is 4.38. The van der Waals surface area contributed by atoms with Crippen molar-refractivity contribution in [3.8, 4) is 0 Å². The van der Waals surface area contributed by atoms with E-state index in [0.717, 1.165) is 11.2 Å². The van der Waals surface area contributed by atoms with Gasteiger partial charge in [0.2, 0.25) is 0 Å². The lowest BCUT2D eigenvalue weighted by molar-refractivity contribution is 0.00578. The van der Waals surface area contributed by atoms with Gasteiger partial charge in [-0.2, -0.15) is 12.6 Å². The van der Waals surface area contributed by atoms with Crippen molar-refractivity contribution >= 4 is 31.3 Å². The molecular weight excluding hydrogens is 257 g/mol. The Kier molecular flexibility index (Phi) is 4.09. The van der Waals surface area contributed by atoms with Gasteiger partial charge in [0, 0.05) is 17.4 Å². The highest BCUT2D eigenvalue weighted by molar-refractivity contribution is 7.80. The molecule has 0 radical (unpaired) electrons. The second kappa shape index (κ2) is 5.31. The molecule has 2 heterocycles. The SMILES string of the molecule is CC1(C)OB(c2ccc(C=CCS)nc2)OC1(C)C. The van der Waals surface area contributed by atoms with E-state index >= 15 is 0 Å². The van der Waals surface area contributed by atoms with E-state index in [1.807, 2.05) is 52.0 Å². The van der Waals surface area contributed by atoms with E-state index in [9.17, 15) is 0 Å². The summed E-state index contributed by atoms with van der Waals surface area (Å²) < 4.78 is 12.0. The Morgan fingerprint density at radius 3 is 2.32 bits per heavy atom. The average Bonchev–Trinajstić information content (AvgIpc) is 2.56. The fraction of sp³-hybridized carbons (Fsp3) is 0.500. The Bertz CT molecular complexity index is 455. The number of hydrogen-bond donors (Lipinski definition) is 1. The average molecular weight is 277 g/mol. The van der Waals surface area contributed by atoms with Crippen LogP contribution in [0.5, 0.6) is 0 Å². The zero-order chi connectivity index (χ0) is 14.1. The first kappa shape index (κ1) is 14.6. The first-order chi connectivity index (χ1) is 8.86. The Morgan fingerprint density at radius 1 is 1.21 bits per heavy atom. The van der Waals surface area contributed by atoms with Crippen LogP contribution in [0.4, 0.5) is 0 Å². The standard InChI is InChI=1S/C14H20BNO2S/c1-13(2)14(3,4)18-15(17-13)11-7-8-12(16-10-11)6-5-9-19/h5-8,10,19H,9H2,1-4H3. The van der Waals surface area contributed by atoms with Crippen LogP contribution in [0.15, 0.2) is 24.4 Å². The summed E-state index contributed by atoms with van der Waals surface area (Å²) in [5, 5.41) is 0. The summed E-state index contributed by atoms with van der Waals surface area (Å²) in [6.45, 7) is 8.18. The van der Waals surface area contributed by atoms with Crippen LogP contribution in [0.3, 0.4) is 0 Å². The van der Waals surface area contributed by atoms with Gasteiger partial charge >= 0.3 is 7.12 Å². The first-order valence-electron chi connectivity index (χ1n) is 6.45. The van der Waals surface area contributed by atoms with Crippen molar-refractivity contribution < 1.29 is 9.31 Å². The van der Waals surface area contributed by atoms with Gasteiger partial charge in [-0.05, 0) is 39.8 Å². The number of pyridine rings is 1. The third-order valence-corrected chi connectivity index (χ3v) is 3.94. The first-order valence-corrected chi connectivity index (χ1v) is 7.08. The molecule has 0 N–H and O–H groups in total. The van der Waals surface area contributed by atoms with E-state index in [2.05, 4.69) is 17.6 Å². The lowest BCUT2D eigenvalue weighted by Gasteiger charge is -2.32. The van der Waals surface area contributed by atoms with Crippen LogP contribution in [-0.2, 0) is 9.31 Å². The Balaban J connectivity index is 2.14. The normalized spacial score (nSPS) is 21.2. The van der Waals surface area contributed by atoms with Crippen molar-refractivity contribution in [2.45, 2.75) is 38.9 Å². The quantitative estimate of drug-likeness (QED) is 0.679. The van der Waals surface area contributed by atoms with E-state index in [1.54, 1.807) is 6.20 Å². The van der Waals surface area contributed by atoms with Crippen LogP contribution in [-0.4, -0.2) is 29.1 Å². The third-order valence-electron chi connectivity index (χ3n) is 3.73. The van der Waals surface area contributed by atoms with Gasteiger partial charge in [-0.1, -0.05) is 12.1 Å². The van der Waals surface area contributed by atoms with Gasteiger partial charge < -0.3 is 9.31 Å². The second-order valence-electron chi connectivity index (χ2n) is 5.69. The molecule has 0 spiro atoms. The van der Waals surface area contributed by atoms with Gasteiger partial charge in [0.15, 0.2) is 0 Å². The molecular formula is C14H20BNO2S. The van der Waals surface area contributed by atoms with Crippen LogP contribution in [0.25, 0.3) is 6.08 Å². The number of aromatic nitrogens is 1. The maximum absolute atomic E-state index is 5.98. The number of hydrogen-bond acceptors (Lipinski definition) is 4. The molecule has 0 unspecified atom stereocenters. The third kappa shape index (κ3) is 3.04. The maximum atomic E-state index is 5.98. The number of nitrogens with zero attached hydrogens (tertiary/aromatic N) is 1. The molecule has 3 nitrogen and oxygen atoms in total. The van der Waals surface area contributed by atoms with Crippen LogP contribution in [0.2, 0.25) is 0 Å². The van der Waals surface area contributed by atoms with Gasteiger partial charge in [-0.25, -0.2) is 0 Å². The van der Waals surface area contributed by atoms with E-state index < -0.39 is 0 Å². The Labute approximate surface area is 121 Å². The molecule has 1 saturated heterocycles. The highest BCUT2D eigenvalue weighted by Crippen LogP contribution is 2.36. The minimum Gasteiger partial charge on any atom is -0.399 e. The molecule has 0 amide bonds. The molecule has 0 bridgehead atoms. The van der Waals surface area contributed by atoms with Gasteiger partial charge in [0.05, 0.1) is 16.9 Å². The zero-order valence-electron chi connectivity index (χ0n) is 11.9. The summed E-state index contributed by atoms with van der Waals surface area (Å²) >= 11 is 4.13. The van der Waals surface area contributed by atoms with Crippen molar-refractivity contribution in [1.29, 1.82) is 0 Å². The fourth-order valence-electron chi connectivity index (χ4n) is 1.81. The van der Waals surface area contributed by atoms with Crippen molar-refractivity contribution in [2.75, 3.05) is 5.75 Å². The lowest BCUT2D eigenvalue weighted by Crippen LogP contribution is -2.41. The molecule has 1 aromatic heterocycles. The van der Waals surface area contributed by atoms with Gasteiger partial charge in [0.25, 0.3) is 0 Å². The topological polar surface area (TPSA) is 31.4 Å². The molecule has 1 aliphatic rings. The zero-order valence-corrected chi connectivity index (χ0v) is 12.8. The fourth-order valence-corrected chi connectivity index (χ4v) is 1.91. The van der Waals surface area contributed by atoms with Crippen LogP contribution in [0, 0.1) is 0 Å². The number of rotatable bonds is 3. The van der Waals surface area contributed by atoms with E-state index in [0.29, 0.717) is 5.75 Å². The second-order valence-corrected chi connectivity index (χ2v) is 6.05. The smallest absolute Gasteiger partial charge is 0.399 e. The molecule has 0 aliphatic carbocycles. The predicted octanol–water partition coefficient (Wildman–Crippen LogP) is 2.32. The summed E-state index contributed by atoms with van der Waals surface area (Å²) in [5.74, 6) is 0.709. The van der Waals surface area contributed by atoms with Crippen molar-refractivity contribution in [1.82, 2.24) is 4.98 Å². The molecule has 19 heavy (non-hydrogen) atoms. The van der Waals surface area contributed by atoms with E-state index in [-0.39, 0.29) is 18.3 Å². The van der Waals surface area contributed by atoms with Crippen LogP contribution < -0.4 is 5.46 Å². The highest BCUT2D eigenvalue weighted by Gasteiger charge is 2.51. The highest BCUT2D eigenvalue weighted by atomic mass is 32.1. The summed E-state index contributed by atoms with van der Waals surface area (Å²) in [7, 11) is -0.347. The van der Waals surface area contributed by atoms with Gasteiger partial charge in [0.1, 0.15) is 0 Å². The van der Waals surface area contributed by atoms with Crippen molar-refractivity contribution in [2.24, 2.45) is 0 Å². The van der Waals surface area contributed by atoms with Gasteiger partial charge in [-0.15, -0.1) is 0 Å². The lowest BCUT2D eigenvalue weighted by atomic mass is 9.80. The van der Waals surface area contributed by atoms with Crippen molar-refractivity contribution in [3.05, 3.63) is 30.1 Å². The molecule has 2 rings (SSSR count). The largest absolute Gasteiger partial charge is 0.496 e. The minimum absolute atomic E-state index is 0.317. The Morgan fingerprint density at radius 2 is 1.84 bits per heavy atom. The van der Waals surface area contributed by atoms with Crippen LogP contribution >= 0.6 is 12.6 Å². The van der Waals surface area contributed by atoms with Crippen LogP contribution in [0.1, 0.15) is 33.4 Å².